The molecule has 1 N–H and O–H groups in total. The van der Waals surface area contributed by atoms with Gasteiger partial charge >= 0.3 is 0 Å². The number of aryl methyl sites for hydroxylation is 1. The summed E-state index contributed by atoms with van der Waals surface area (Å²) < 4.78 is 2.35. The van der Waals surface area contributed by atoms with Crippen LogP contribution in [0.5, 0.6) is 0 Å². The van der Waals surface area contributed by atoms with Crippen LogP contribution in [0.2, 0.25) is 0 Å². The fourth-order valence-corrected chi connectivity index (χ4v) is 3.48. The summed E-state index contributed by atoms with van der Waals surface area (Å²) in [6.07, 6.45) is 5.69. The van der Waals surface area contributed by atoms with Crippen molar-refractivity contribution in [3.63, 3.8) is 0 Å². The van der Waals surface area contributed by atoms with E-state index in [1.54, 1.807) is 0 Å². The van der Waals surface area contributed by atoms with Crippen LogP contribution in [0.4, 0.5) is 0 Å². The summed E-state index contributed by atoms with van der Waals surface area (Å²) in [5.41, 5.74) is 5.80. The zero-order valence-electron chi connectivity index (χ0n) is 13.1. The average Bonchev–Trinajstić information content (AvgIpc) is 3.08. The van der Waals surface area contributed by atoms with Crippen molar-refractivity contribution in [2.24, 2.45) is 0 Å². The standard InChI is InChI=1S/C19H18N4/c1-12-5-7-17-18(9-12)23(19(21-17)13-3-2-4-13)15-6-8-16-14(10-15)11-20-22-16/h5-11,13H,2-4H2,1H3,(H,20,22). The van der Waals surface area contributed by atoms with E-state index in [0.29, 0.717) is 5.92 Å². The number of fused-ring (bicyclic) bond motifs is 2. The first kappa shape index (κ1) is 12.9. The van der Waals surface area contributed by atoms with Crippen LogP contribution in [-0.4, -0.2) is 19.7 Å². The van der Waals surface area contributed by atoms with Gasteiger partial charge in [-0.25, -0.2) is 4.98 Å². The molecule has 2 aromatic heterocycles. The van der Waals surface area contributed by atoms with E-state index in [-0.39, 0.29) is 0 Å². The number of hydrogen-bond donors (Lipinski definition) is 1. The third-order valence-corrected chi connectivity index (χ3v) is 4.99. The number of hydrogen-bond acceptors (Lipinski definition) is 2. The van der Waals surface area contributed by atoms with Crippen LogP contribution >= 0.6 is 0 Å². The molecule has 23 heavy (non-hydrogen) atoms. The fraction of sp³-hybridized carbons (Fsp3) is 0.263. The molecular weight excluding hydrogens is 284 g/mol. The molecule has 0 saturated heterocycles. The Kier molecular flexibility index (Phi) is 2.62. The first-order valence-corrected chi connectivity index (χ1v) is 8.22. The predicted molar refractivity (Wildman–Crippen MR) is 92.1 cm³/mol. The van der Waals surface area contributed by atoms with Crippen LogP contribution in [0.25, 0.3) is 27.6 Å². The van der Waals surface area contributed by atoms with Crippen molar-refractivity contribution in [2.45, 2.75) is 32.1 Å². The van der Waals surface area contributed by atoms with E-state index < -0.39 is 0 Å². The lowest BCUT2D eigenvalue weighted by Gasteiger charge is -2.25. The number of imidazole rings is 1. The SMILES string of the molecule is Cc1ccc2nc(C3CCC3)n(-c3ccc4[nH]ncc4c3)c2c1. The van der Waals surface area contributed by atoms with Crippen LogP contribution < -0.4 is 0 Å². The number of rotatable bonds is 2. The molecule has 2 heterocycles. The molecule has 114 valence electrons. The Bertz CT molecular complexity index is 1020. The highest BCUT2D eigenvalue weighted by molar-refractivity contribution is 5.83. The molecule has 0 amide bonds. The number of aromatic nitrogens is 4. The molecule has 2 aromatic carbocycles. The molecule has 0 unspecified atom stereocenters. The van der Waals surface area contributed by atoms with Crippen LogP contribution in [0.1, 0.15) is 36.6 Å². The Labute approximate surface area is 134 Å². The monoisotopic (exact) mass is 302 g/mol. The number of nitrogens with zero attached hydrogens (tertiary/aromatic N) is 3. The minimum Gasteiger partial charge on any atom is -0.296 e. The van der Waals surface area contributed by atoms with Gasteiger partial charge in [0.1, 0.15) is 5.82 Å². The van der Waals surface area contributed by atoms with Gasteiger partial charge in [0.2, 0.25) is 0 Å². The van der Waals surface area contributed by atoms with Gasteiger partial charge in [-0.3, -0.25) is 9.67 Å². The molecule has 1 fully saturated rings. The molecule has 0 spiro atoms. The van der Waals surface area contributed by atoms with E-state index >= 15 is 0 Å². The van der Waals surface area contributed by atoms with Crippen molar-refractivity contribution in [1.29, 1.82) is 0 Å². The summed E-state index contributed by atoms with van der Waals surface area (Å²) in [5, 5.41) is 8.29. The zero-order valence-corrected chi connectivity index (χ0v) is 13.1. The fourth-order valence-electron chi connectivity index (χ4n) is 3.48. The van der Waals surface area contributed by atoms with Gasteiger partial charge in [0, 0.05) is 17.0 Å². The van der Waals surface area contributed by atoms with Gasteiger partial charge in [0.15, 0.2) is 0 Å². The van der Waals surface area contributed by atoms with Crippen molar-refractivity contribution in [2.75, 3.05) is 0 Å². The van der Waals surface area contributed by atoms with Gasteiger partial charge < -0.3 is 0 Å². The molecule has 1 aliphatic carbocycles. The average molecular weight is 302 g/mol. The first-order chi connectivity index (χ1) is 11.3. The van der Waals surface area contributed by atoms with E-state index in [1.165, 1.54) is 41.9 Å². The highest BCUT2D eigenvalue weighted by Crippen LogP contribution is 2.38. The molecule has 1 aliphatic rings. The summed E-state index contributed by atoms with van der Waals surface area (Å²) in [5.74, 6) is 1.79. The Balaban J connectivity index is 1.81. The lowest BCUT2D eigenvalue weighted by molar-refractivity contribution is 0.399. The smallest absolute Gasteiger partial charge is 0.117 e. The minimum atomic E-state index is 0.586. The van der Waals surface area contributed by atoms with E-state index in [9.17, 15) is 0 Å². The van der Waals surface area contributed by atoms with Gasteiger partial charge in [0.05, 0.1) is 22.7 Å². The van der Waals surface area contributed by atoms with Crippen molar-refractivity contribution < 1.29 is 0 Å². The number of H-pyrrole nitrogens is 1. The van der Waals surface area contributed by atoms with Gasteiger partial charge in [-0.05, 0) is 55.7 Å². The summed E-state index contributed by atoms with van der Waals surface area (Å²) in [4.78, 5) is 4.96. The maximum absolute atomic E-state index is 4.96. The highest BCUT2D eigenvalue weighted by Gasteiger charge is 2.26. The maximum Gasteiger partial charge on any atom is 0.117 e. The van der Waals surface area contributed by atoms with Gasteiger partial charge in [-0.15, -0.1) is 0 Å². The summed E-state index contributed by atoms with van der Waals surface area (Å²) in [7, 11) is 0. The van der Waals surface area contributed by atoms with Crippen LogP contribution in [0, 0.1) is 6.92 Å². The Morgan fingerprint density at radius 1 is 1.13 bits per heavy atom. The lowest BCUT2D eigenvalue weighted by atomic mass is 9.85. The van der Waals surface area contributed by atoms with Crippen molar-refractivity contribution in [3.8, 4) is 5.69 Å². The Morgan fingerprint density at radius 2 is 2.04 bits per heavy atom. The van der Waals surface area contributed by atoms with Crippen LogP contribution in [-0.2, 0) is 0 Å². The molecule has 4 heteroatoms. The summed E-state index contributed by atoms with van der Waals surface area (Å²) in [6.45, 7) is 2.14. The second kappa shape index (κ2) is 4.69. The van der Waals surface area contributed by atoms with Crippen molar-refractivity contribution in [3.05, 3.63) is 54.0 Å². The van der Waals surface area contributed by atoms with E-state index in [4.69, 9.17) is 4.98 Å². The molecule has 5 rings (SSSR count). The lowest BCUT2D eigenvalue weighted by Crippen LogP contribution is -2.14. The molecule has 0 bridgehead atoms. The van der Waals surface area contributed by atoms with Crippen LogP contribution in [0.15, 0.2) is 42.6 Å². The number of benzene rings is 2. The third-order valence-electron chi connectivity index (χ3n) is 4.99. The molecule has 0 atom stereocenters. The van der Waals surface area contributed by atoms with E-state index in [1.807, 2.05) is 6.20 Å². The molecule has 4 nitrogen and oxygen atoms in total. The zero-order chi connectivity index (χ0) is 15.4. The highest BCUT2D eigenvalue weighted by atomic mass is 15.1. The third kappa shape index (κ3) is 1.91. The quantitative estimate of drug-likeness (QED) is 0.593. The predicted octanol–water partition coefficient (Wildman–Crippen LogP) is 4.48. The summed E-state index contributed by atoms with van der Waals surface area (Å²) >= 11 is 0. The van der Waals surface area contributed by atoms with Crippen molar-refractivity contribution >= 4 is 21.9 Å². The van der Waals surface area contributed by atoms with Gasteiger partial charge in [-0.1, -0.05) is 12.5 Å². The summed E-state index contributed by atoms with van der Waals surface area (Å²) in [6, 6.07) is 13.0. The Morgan fingerprint density at radius 3 is 2.87 bits per heavy atom. The number of aromatic amines is 1. The van der Waals surface area contributed by atoms with Crippen molar-refractivity contribution in [1.82, 2.24) is 19.7 Å². The molecule has 4 aromatic rings. The van der Waals surface area contributed by atoms with Gasteiger partial charge in [-0.2, -0.15) is 5.10 Å². The molecule has 1 saturated carbocycles. The van der Waals surface area contributed by atoms with E-state index in [0.717, 1.165) is 16.4 Å². The second-order valence-electron chi connectivity index (χ2n) is 6.57. The maximum atomic E-state index is 4.96. The molecule has 0 aliphatic heterocycles. The molecule has 0 radical (unpaired) electrons. The number of nitrogens with one attached hydrogen (secondary N) is 1. The minimum absolute atomic E-state index is 0.586. The normalized spacial score (nSPS) is 15.3. The Hall–Kier alpha value is -2.62. The topological polar surface area (TPSA) is 46.5 Å². The second-order valence-corrected chi connectivity index (χ2v) is 6.57. The van der Waals surface area contributed by atoms with Crippen LogP contribution in [0.3, 0.4) is 0 Å². The van der Waals surface area contributed by atoms with E-state index in [2.05, 4.69) is 58.1 Å². The van der Waals surface area contributed by atoms with Gasteiger partial charge in [0.25, 0.3) is 0 Å². The molecular formula is C19H18N4. The largest absolute Gasteiger partial charge is 0.296 e. The first-order valence-electron chi connectivity index (χ1n) is 8.22.